The number of nitrogens with one attached hydrogen (secondary N) is 1. The van der Waals surface area contributed by atoms with Crippen molar-refractivity contribution in [1.29, 1.82) is 0 Å². The molecular weight excluding hydrogens is 176 g/mol. The van der Waals surface area contributed by atoms with Crippen LogP contribution in [0.5, 0.6) is 5.75 Å². The number of hydrogen-bond donors (Lipinski definition) is 1. The van der Waals surface area contributed by atoms with Crippen LogP contribution >= 0.6 is 0 Å². The Kier molecular flexibility index (Phi) is 1.91. The number of hydrogen-bond acceptors (Lipinski definition) is 3. The molecule has 1 atom stereocenters. The van der Waals surface area contributed by atoms with Crippen molar-refractivity contribution >= 4 is 0 Å². The zero-order valence-electron chi connectivity index (χ0n) is 8.12. The Balaban J connectivity index is 1.91. The molecule has 1 aromatic rings. The summed E-state index contributed by atoms with van der Waals surface area (Å²) in [4.78, 5) is 4.44. The minimum Gasteiger partial charge on any atom is -0.491 e. The van der Waals surface area contributed by atoms with Gasteiger partial charge >= 0.3 is 0 Å². The van der Waals surface area contributed by atoms with E-state index in [4.69, 9.17) is 4.74 Å². The van der Waals surface area contributed by atoms with Crippen molar-refractivity contribution in [3.8, 4) is 5.75 Å². The third-order valence-corrected chi connectivity index (χ3v) is 3.02. The Morgan fingerprint density at radius 3 is 3.36 bits per heavy atom. The van der Waals surface area contributed by atoms with Crippen LogP contribution < -0.4 is 10.1 Å². The first-order valence-electron chi connectivity index (χ1n) is 5.28. The largest absolute Gasteiger partial charge is 0.491 e. The van der Waals surface area contributed by atoms with Crippen molar-refractivity contribution in [1.82, 2.24) is 10.3 Å². The van der Waals surface area contributed by atoms with Gasteiger partial charge in [-0.25, -0.2) is 0 Å². The lowest BCUT2D eigenvalue weighted by Gasteiger charge is -2.10. The maximum atomic E-state index is 5.43. The fraction of sp³-hybridized carbons (Fsp3) is 0.545. The molecule has 0 radical (unpaired) electrons. The normalized spacial score (nSPS) is 24.7. The Morgan fingerprint density at radius 1 is 1.50 bits per heavy atom. The van der Waals surface area contributed by atoms with Crippen LogP contribution in [0.4, 0.5) is 0 Å². The summed E-state index contributed by atoms with van der Waals surface area (Å²) < 4.78 is 5.43. The van der Waals surface area contributed by atoms with E-state index in [0.29, 0.717) is 6.04 Å². The second-order valence-corrected chi connectivity index (χ2v) is 3.96. The SMILES string of the molecule is c1c(C2CCCN2)ncc2c1CCO2. The molecule has 0 spiro atoms. The van der Waals surface area contributed by atoms with Gasteiger partial charge in [0.05, 0.1) is 18.5 Å². The van der Waals surface area contributed by atoms with Gasteiger partial charge in [0.2, 0.25) is 0 Å². The summed E-state index contributed by atoms with van der Waals surface area (Å²) in [6, 6.07) is 2.67. The molecule has 74 valence electrons. The molecule has 2 aliphatic rings. The first kappa shape index (κ1) is 8.24. The van der Waals surface area contributed by atoms with Crippen molar-refractivity contribution in [3.05, 3.63) is 23.5 Å². The lowest BCUT2D eigenvalue weighted by atomic mass is 10.1. The molecule has 0 aliphatic carbocycles. The molecule has 0 amide bonds. The number of rotatable bonds is 1. The smallest absolute Gasteiger partial charge is 0.140 e. The molecule has 3 heteroatoms. The lowest BCUT2D eigenvalue weighted by Crippen LogP contribution is -2.14. The summed E-state index contributed by atoms with van der Waals surface area (Å²) in [6.07, 6.45) is 5.39. The molecule has 2 aliphatic heterocycles. The predicted molar refractivity (Wildman–Crippen MR) is 53.4 cm³/mol. The molecular formula is C11H14N2O. The second kappa shape index (κ2) is 3.24. The molecule has 14 heavy (non-hydrogen) atoms. The summed E-state index contributed by atoms with van der Waals surface area (Å²) in [7, 11) is 0. The van der Waals surface area contributed by atoms with Crippen LogP contribution in [0.3, 0.4) is 0 Å². The van der Waals surface area contributed by atoms with E-state index in [9.17, 15) is 0 Å². The van der Waals surface area contributed by atoms with Crippen LogP contribution in [0.1, 0.15) is 30.1 Å². The average Bonchev–Trinajstić information content (AvgIpc) is 2.88. The fourth-order valence-electron chi connectivity index (χ4n) is 2.23. The number of ether oxygens (including phenoxy) is 1. The molecule has 0 bridgehead atoms. The van der Waals surface area contributed by atoms with E-state index in [-0.39, 0.29) is 0 Å². The Morgan fingerprint density at radius 2 is 2.50 bits per heavy atom. The topological polar surface area (TPSA) is 34.2 Å². The van der Waals surface area contributed by atoms with Crippen molar-refractivity contribution in [2.75, 3.05) is 13.2 Å². The molecule has 3 heterocycles. The fourth-order valence-corrected chi connectivity index (χ4v) is 2.23. The molecule has 1 fully saturated rings. The van der Waals surface area contributed by atoms with Crippen molar-refractivity contribution < 1.29 is 4.74 Å². The highest BCUT2D eigenvalue weighted by atomic mass is 16.5. The van der Waals surface area contributed by atoms with E-state index in [2.05, 4.69) is 16.4 Å². The van der Waals surface area contributed by atoms with Gasteiger partial charge in [-0.1, -0.05) is 0 Å². The third kappa shape index (κ3) is 1.28. The molecule has 1 aromatic heterocycles. The number of nitrogens with zero attached hydrogens (tertiary/aromatic N) is 1. The van der Waals surface area contributed by atoms with Gasteiger partial charge in [0.25, 0.3) is 0 Å². The van der Waals surface area contributed by atoms with E-state index in [1.165, 1.54) is 24.1 Å². The maximum Gasteiger partial charge on any atom is 0.140 e. The van der Waals surface area contributed by atoms with Gasteiger partial charge < -0.3 is 10.1 Å². The van der Waals surface area contributed by atoms with Crippen molar-refractivity contribution in [3.63, 3.8) is 0 Å². The number of fused-ring (bicyclic) bond motifs is 1. The molecule has 1 unspecified atom stereocenters. The first-order chi connectivity index (χ1) is 6.93. The van der Waals surface area contributed by atoms with E-state index >= 15 is 0 Å². The van der Waals surface area contributed by atoms with Crippen LogP contribution in [0, 0.1) is 0 Å². The van der Waals surface area contributed by atoms with Gasteiger partial charge in [-0.2, -0.15) is 0 Å². The van der Waals surface area contributed by atoms with Crippen LogP contribution in [-0.2, 0) is 6.42 Å². The third-order valence-electron chi connectivity index (χ3n) is 3.02. The van der Waals surface area contributed by atoms with Crippen LogP contribution in [-0.4, -0.2) is 18.1 Å². The molecule has 1 saturated heterocycles. The molecule has 1 N–H and O–H groups in total. The van der Waals surface area contributed by atoms with E-state index in [1.54, 1.807) is 0 Å². The van der Waals surface area contributed by atoms with Gasteiger partial charge in [-0.15, -0.1) is 0 Å². The van der Waals surface area contributed by atoms with Crippen LogP contribution in [0.15, 0.2) is 12.3 Å². The zero-order chi connectivity index (χ0) is 9.38. The maximum absolute atomic E-state index is 5.43. The quantitative estimate of drug-likeness (QED) is 0.727. The summed E-state index contributed by atoms with van der Waals surface area (Å²) in [5.74, 6) is 0.978. The minimum atomic E-state index is 0.473. The Hall–Kier alpha value is -1.09. The highest BCUT2D eigenvalue weighted by molar-refractivity contribution is 5.36. The predicted octanol–water partition coefficient (Wildman–Crippen LogP) is 1.44. The highest BCUT2D eigenvalue weighted by Crippen LogP contribution is 2.28. The summed E-state index contributed by atoms with van der Waals surface area (Å²) in [6.45, 7) is 1.94. The molecule has 0 saturated carbocycles. The summed E-state index contributed by atoms with van der Waals surface area (Å²) in [5, 5.41) is 3.46. The van der Waals surface area contributed by atoms with Crippen LogP contribution in [0.2, 0.25) is 0 Å². The summed E-state index contributed by atoms with van der Waals surface area (Å²) >= 11 is 0. The average molecular weight is 190 g/mol. The standard InChI is InChI=1S/C11H14N2O/c1-2-9(12-4-1)10-6-8-3-5-14-11(8)7-13-10/h6-7,9,12H,1-5H2. The summed E-state index contributed by atoms with van der Waals surface area (Å²) in [5.41, 5.74) is 2.51. The minimum absolute atomic E-state index is 0.473. The zero-order valence-corrected chi connectivity index (χ0v) is 8.12. The van der Waals surface area contributed by atoms with Crippen LogP contribution in [0.25, 0.3) is 0 Å². The number of pyridine rings is 1. The van der Waals surface area contributed by atoms with E-state index in [1.807, 2.05) is 6.20 Å². The molecule has 3 rings (SSSR count). The van der Waals surface area contributed by atoms with Gasteiger partial charge in [0, 0.05) is 18.0 Å². The van der Waals surface area contributed by atoms with Gasteiger partial charge in [-0.3, -0.25) is 4.98 Å². The second-order valence-electron chi connectivity index (χ2n) is 3.96. The van der Waals surface area contributed by atoms with Gasteiger partial charge in [0.1, 0.15) is 5.75 Å². The molecule has 3 nitrogen and oxygen atoms in total. The molecule has 0 aromatic carbocycles. The van der Waals surface area contributed by atoms with E-state index < -0.39 is 0 Å². The van der Waals surface area contributed by atoms with Crippen molar-refractivity contribution in [2.24, 2.45) is 0 Å². The highest BCUT2D eigenvalue weighted by Gasteiger charge is 2.20. The monoisotopic (exact) mass is 190 g/mol. The number of aromatic nitrogens is 1. The van der Waals surface area contributed by atoms with E-state index in [0.717, 1.165) is 25.3 Å². The van der Waals surface area contributed by atoms with Crippen molar-refractivity contribution in [2.45, 2.75) is 25.3 Å². The Bertz CT molecular complexity index is 345. The van der Waals surface area contributed by atoms with Gasteiger partial charge in [-0.05, 0) is 25.5 Å². The first-order valence-corrected chi connectivity index (χ1v) is 5.28. The Labute approximate surface area is 83.5 Å². The van der Waals surface area contributed by atoms with Gasteiger partial charge in [0.15, 0.2) is 0 Å². The lowest BCUT2D eigenvalue weighted by molar-refractivity contribution is 0.355.